The molecule has 0 saturated heterocycles. The van der Waals surface area contributed by atoms with Crippen LogP contribution in [0.25, 0.3) is 11.4 Å². The molecular weight excluding hydrogens is 442 g/mol. The summed E-state index contributed by atoms with van der Waals surface area (Å²) in [5.41, 5.74) is 9.17. The number of hydrogen-bond donors (Lipinski definition) is 0. The Hall–Kier alpha value is -1.15. The SMILES string of the molecule is Cc1c(C)c(C)[c-](C)c1C.[Cl][Rh+][Cl].c1ccc(-c2ccccn2)nc1. The fourth-order valence-corrected chi connectivity index (χ4v) is 2.43. The molecule has 3 rings (SSSR count). The van der Waals surface area contributed by atoms with Gasteiger partial charge in [-0.2, -0.15) is 27.8 Å². The Morgan fingerprint density at radius 2 is 1.12 bits per heavy atom. The zero-order chi connectivity index (χ0) is 18.8. The standard InChI is InChI=1S/C10H8N2.C10H15.2ClH.Rh/c1-3-7-11-9(5-1)10-6-2-4-8-12-10;1-6-7(2)9(4)10(5)8(6)3;;;/h1-8H;1-5H3;2*1H;/q;-1;;;+3/p-2. The van der Waals surface area contributed by atoms with Crippen molar-refractivity contribution in [3.8, 4) is 11.4 Å². The summed E-state index contributed by atoms with van der Waals surface area (Å²) in [6, 6.07) is 11.6. The fraction of sp³-hybridized carbons (Fsp3) is 0.250. The molecule has 0 amide bonds. The van der Waals surface area contributed by atoms with E-state index < -0.39 is 0 Å². The van der Waals surface area contributed by atoms with Gasteiger partial charge in [-0.1, -0.05) is 46.8 Å². The molecule has 3 aromatic rings. The molecule has 0 bridgehead atoms. The van der Waals surface area contributed by atoms with Crippen LogP contribution in [0.4, 0.5) is 0 Å². The normalized spacial score (nSPS) is 9.72. The van der Waals surface area contributed by atoms with E-state index in [4.69, 9.17) is 19.4 Å². The Balaban J connectivity index is 0.000000220. The van der Waals surface area contributed by atoms with Gasteiger partial charge in [0.15, 0.2) is 0 Å². The molecule has 0 spiro atoms. The van der Waals surface area contributed by atoms with Crippen LogP contribution in [0.1, 0.15) is 27.8 Å². The minimum absolute atomic E-state index is 0.226. The Morgan fingerprint density at radius 3 is 1.32 bits per heavy atom. The van der Waals surface area contributed by atoms with Gasteiger partial charge in [-0.05, 0) is 24.3 Å². The van der Waals surface area contributed by atoms with Gasteiger partial charge in [0.05, 0.1) is 11.4 Å². The smallest absolute Gasteiger partial charge is 0.0886 e. The van der Waals surface area contributed by atoms with Crippen LogP contribution in [-0.2, 0) is 15.1 Å². The van der Waals surface area contributed by atoms with Gasteiger partial charge < -0.3 is 0 Å². The summed E-state index contributed by atoms with van der Waals surface area (Å²) >= 11 is -0.226. The Labute approximate surface area is 166 Å². The van der Waals surface area contributed by atoms with Gasteiger partial charge in [0.25, 0.3) is 0 Å². The number of pyridine rings is 2. The molecule has 25 heavy (non-hydrogen) atoms. The summed E-state index contributed by atoms with van der Waals surface area (Å²) in [7, 11) is 9.67. The van der Waals surface area contributed by atoms with Crippen LogP contribution in [-0.4, -0.2) is 9.97 Å². The van der Waals surface area contributed by atoms with Crippen LogP contribution in [0.15, 0.2) is 48.8 Å². The van der Waals surface area contributed by atoms with Crippen molar-refractivity contribution < 1.29 is 15.1 Å². The van der Waals surface area contributed by atoms with Crippen molar-refractivity contribution in [2.75, 3.05) is 0 Å². The second-order valence-electron chi connectivity index (χ2n) is 5.60. The van der Waals surface area contributed by atoms with E-state index >= 15 is 0 Å². The summed E-state index contributed by atoms with van der Waals surface area (Å²) in [4.78, 5) is 8.37. The molecule has 0 unspecified atom stereocenters. The van der Waals surface area contributed by atoms with Gasteiger partial charge >= 0.3 is 34.5 Å². The molecule has 0 aliphatic heterocycles. The predicted octanol–water partition coefficient (Wildman–Crippen LogP) is 6.47. The minimum atomic E-state index is -0.226. The average molecular weight is 465 g/mol. The zero-order valence-corrected chi connectivity index (χ0v) is 18.3. The van der Waals surface area contributed by atoms with E-state index in [-0.39, 0.29) is 15.1 Å². The molecule has 0 radical (unpaired) electrons. The van der Waals surface area contributed by atoms with Crippen molar-refractivity contribution in [1.82, 2.24) is 9.97 Å². The Kier molecular flexibility index (Phi) is 10.0. The van der Waals surface area contributed by atoms with Crippen LogP contribution < -0.4 is 0 Å². The monoisotopic (exact) mass is 464 g/mol. The van der Waals surface area contributed by atoms with Crippen molar-refractivity contribution in [3.63, 3.8) is 0 Å². The third-order valence-electron chi connectivity index (χ3n) is 4.40. The maximum absolute atomic E-state index is 4.83. The third-order valence-corrected chi connectivity index (χ3v) is 4.40. The first kappa shape index (κ1) is 21.9. The van der Waals surface area contributed by atoms with Gasteiger partial charge in [-0.3, -0.25) is 9.97 Å². The molecule has 0 saturated carbocycles. The van der Waals surface area contributed by atoms with E-state index in [1.54, 1.807) is 12.4 Å². The minimum Gasteiger partial charge on any atom is -0.255 e. The van der Waals surface area contributed by atoms with Crippen LogP contribution in [0.2, 0.25) is 0 Å². The van der Waals surface area contributed by atoms with Gasteiger partial charge in [0.1, 0.15) is 0 Å². The molecule has 0 N–H and O–H groups in total. The topological polar surface area (TPSA) is 25.8 Å². The first-order valence-corrected chi connectivity index (χ1v) is 12.0. The van der Waals surface area contributed by atoms with Gasteiger partial charge in [0.2, 0.25) is 0 Å². The first-order chi connectivity index (χ1) is 11.9. The van der Waals surface area contributed by atoms with E-state index in [2.05, 4.69) is 44.6 Å². The number of hydrogen-bond acceptors (Lipinski definition) is 2. The Morgan fingerprint density at radius 1 is 0.760 bits per heavy atom. The van der Waals surface area contributed by atoms with Crippen molar-refractivity contribution >= 4 is 19.4 Å². The molecule has 5 heteroatoms. The number of halogens is 2. The quantitative estimate of drug-likeness (QED) is 0.304. The molecule has 2 nitrogen and oxygen atoms in total. The molecule has 0 aliphatic rings. The summed E-state index contributed by atoms with van der Waals surface area (Å²) in [5, 5.41) is 0. The number of nitrogens with zero attached hydrogens (tertiary/aromatic N) is 2. The van der Waals surface area contributed by atoms with Crippen LogP contribution >= 0.6 is 19.4 Å². The second-order valence-corrected chi connectivity index (χ2v) is 8.09. The van der Waals surface area contributed by atoms with Gasteiger partial charge in [-0.25, -0.2) is 0 Å². The van der Waals surface area contributed by atoms with Crippen LogP contribution in [0, 0.1) is 34.6 Å². The maximum Gasteiger partial charge on any atom is 0.0886 e. The maximum atomic E-state index is 4.83. The zero-order valence-electron chi connectivity index (χ0n) is 15.1. The second kappa shape index (κ2) is 11.5. The summed E-state index contributed by atoms with van der Waals surface area (Å²) in [6.07, 6.45) is 3.54. The molecule has 0 atom stereocenters. The fourth-order valence-electron chi connectivity index (χ4n) is 2.43. The summed E-state index contributed by atoms with van der Waals surface area (Å²) < 4.78 is 0. The van der Waals surface area contributed by atoms with Crippen molar-refractivity contribution in [2.45, 2.75) is 34.6 Å². The molecule has 136 valence electrons. The largest absolute Gasteiger partial charge is 0.255 e. The van der Waals surface area contributed by atoms with E-state index in [0.717, 1.165) is 11.4 Å². The molecule has 2 heterocycles. The van der Waals surface area contributed by atoms with E-state index in [1.165, 1.54) is 27.8 Å². The molecular formula is C20H23Cl2N2Rh. The van der Waals surface area contributed by atoms with Gasteiger partial charge in [0, 0.05) is 12.4 Å². The number of rotatable bonds is 1. The van der Waals surface area contributed by atoms with Crippen LogP contribution in [0.5, 0.6) is 0 Å². The van der Waals surface area contributed by atoms with E-state index in [0.29, 0.717) is 0 Å². The average Bonchev–Trinajstić information content (AvgIpc) is 2.82. The molecule has 1 aromatic carbocycles. The summed E-state index contributed by atoms with van der Waals surface area (Å²) in [6.45, 7) is 11.0. The van der Waals surface area contributed by atoms with Crippen molar-refractivity contribution in [3.05, 3.63) is 76.6 Å². The summed E-state index contributed by atoms with van der Waals surface area (Å²) in [5.74, 6) is 0. The third kappa shape index (κ3) is 6.58. The molecule has 0 aliphatic carbocycles. The number of aromatic nitrogens is 2. The van der Waals surface area contributed by atoms with Crippen molar-refractivity contribution in [1.29, 1.82) is 0 Å². The van der Waals surface area contributed by atoms with Crippen LogP contribution in [0.3, 0.4) is 0 Å². The van der Waals surface area contributed by atoms with E-state index in [1.807, 2.05) is 36.4 Å². The predicted molar refractivity (Wildman–Crippen MR) is 105 cm³/mol. The van der Waals surface area contributed by atoms with Crippen molar-refractivity contribution in [2.24, 2.45) is 0 Å². The Bertz CT molecular complexity index is 639. The van der Waals surface area contributed by atoms with E-state index in [9.17, 15) is 0 Å². The molecule has 0 fully saturated rings. The van der Waals surface area contributed by atoms with Gasteiger partial charge in [-0.15, -0.1) is 0 Å². The molecule has 2 aromatic heterocycles. The first-order valence-electron chi connectivity index (χ1n) is 7.79.